The molecule has 0 spiro atoms. The maximum Gasteiger partial charge on any atom is 0.244 e. The van der Waals surface area contributed by atoms with Gasteiger partial charge in [-0.2, -0.15) is 0 Å². The van der Waals surface area contributed by atoms with Gasteiger partial charge in [-0.15, -0.1) is 0 Å². The summed E-state index contributed by atoms with van der Waals surface area (Å²) >= 11 is 12.0. The molecule has 5 nitrogen and oxygen atoms in total. The smallest absolute Gasteiger partial charge is 0.244 e. The average Bonchev–Trinajstić information content (AvgIpc) is 2.71. The van der Waals surface area contributed by atoms with Crippen LogP contribution in [0.15, 0.2) is 12.1 Å². The van der Waals surface area contributed by atoms with Gasteiger partial charge in [0.05, 0.1) is 15.7 Å². The zero-order chi connectivity index (χ0) is 14.9. The van der Waals surface area contributed by atoms with Crippen molar-refractivity contribution in [3.8, 4) is 0 Å². The first kappa shape index (κ1) is 14.8. The molecule has 1 heterocycles. The second-order valence-electron chi connectivity index (χ2n) is 4.48. The Balaban J connectivity index is 2.11. The van der Waals surface area contributed by atoms with Crippen LogP contribution in [-0.4, -0.2) is 29.2 Å². The first-order valence-corrected chi connectivity index (χ1v) is 6.73. The summed E-state index contributed by atoms with van der Waals surface area (Å²) in [5, 5.41) is 3.18. The van der Waals surface area contributed by atoms with Crippen molar-refractivity contribution in [3.05, 3.63) is 27.7 Å². The minimum Gasteiger partial charge on any atom is -0.322 e. The monoisotopic (exact) mass is 314 g/mol. The van der Waals surface area contributed by atoms with Gasteiger partial charge < -0.3 is 5.32 Å². The summed E-state index contributed by atoms with van der Waals surface area (Å²) in [7, 11) is 0. The Hall–Kier alpha value is -1.59. The van der Waals surface area contributed by atoms with E-state index in [1.807, 2.05) is 0 Å². The SMILES string of the molecule is Cc1ccc(Cl)c(NC(=O)CN2C(=O)CCC2=O)c1Cl. The average molecular weight is 315 g/mol. The second kappa shape index (κ2) is 5.81. The summed E-state index contributed by atoms with van der Waals surface area (Å²) in [6.45, 7) is 1.46. The lowest BCUT2D eigenvalue weighted by molar-refractivity contribution is -0.141. The number of imide groups is 1. The van der Waals surface area contributed by atoms with Gasteiger partial charge in [-0.05, 0) is 18.6 Å². The fraction of sp³-hybridized carbons (Fsp3) is 0.308. The lowest BCUT2D eigenvalue weighted by Crippen LogP contribution is -2.37. The Labute approximate surface area is 125 Å². The molecule has 7 heteroatoms. The van der Waals surface area contributed by atoms with Crippen molar-refractivity contribution in [2.45, 2.75) is 19.8 Å². The molecule has 1 aromatic rings. The molecule has 1 aliphatic rings. The van der Waals surface area contributed by atoms with Gasteiger partial charge in [-0.1, -0.05) is 29.3 Å². The summed E-state index contributed by atoms with van der Waals surface area (Å²) in [5.74, 6) is -1.19. The number of nitrogens with zero attached hydrogens (tertiary/aromatic N) is 1. The van der Waals surface area contributed by atoms with E-state index in [9.17, 15) is 14.4 Å². The number of anilines is 1. The molecule has 3 amide bonds. The minimum absolute atomic E-state index is 0.151. The first-order chi connectivity index (χ1) is 9.40. The minimum atomic E-state index is -0.511. The fourth-order valence-electron chi connectivity index (χ4n) is 1.89. The lowest BCUT2D eigenvalue weighted by Gasteiger charge is -2.15. The number of aryl methyl sites for hydroxylation is 1. The molecule has 0 atom stereocenters. The first-order valence-electron chi connectivity index (χ1n) is 5.98. The summed E-state index contributed by atoms with van der Waals surface area (Å²) in [4.78, 5) is 35.7. The number of hydrogen-bond donors (Lipinski definition) is 1. The van der Waals surface area contributed by atoms with Crippen LogP contribution in [0.5, 0.6) is 0 Å². The molecule has 1 fully saturated rings. The van der Waals surface area contributed by atoms with Crippen molar-refractivity contribution in [2.24, 2.45) is 0 Å². The van der Waals surface area contributed by atoms with Gasteiger partial charge in [-0.25, -0.2) is 0 Å². The molecule has 0 radical (unpaired) electrons. The molecule has 1 aliphatic heterocycles. The van der Waals surface area contributed by atoms with Crippen LogP contribution in [-0.2, 0) is 14.4 Å². The predicted molar refractivity (Wildman–Crippen MR) is 75.8 cm³/mol. The lowest BCUT2D eigenvalue weighted by atomic mass is 10.2. The van der Waals surface area contributed by atoms with Gasteiger partial charge in [0.1, 0.15) is 6.54 Å². The number of carbonyl (C=O) groups is 3. The fourth-order valence-corrected chi connectivity index (χ4v) is 2.36. The van der Waals surface area contributed by atoms with Gasteiger partial charge in [0.15, 0.2) is 0 Å². The third-order valence-corrected chi connectivity index (χ3v) is 3.81. The van der Waals surface area contributed by atoms with E-state index >= 15 is 0 Å². The van der Waals surface area contributed by atoms with E-state index in [-0.39, 0.29) is 36.9 Å². The maximum absolute atomic E-state index is 11.9. The number of amides is 3. The molecule has 0 saturated carbocycles. The molecule has 0 unspecified atom stereocenters. The van der Waals surface area contributed by atoms with E-state index in [2.05, 4.69) is 5.32 Å². The Morgan fingerprint density at radius 2 is 1.85 bits per heavy atom. The Morgan fingerprint density at radius 1 is 1.25 bits per heavy atom. The summed E-state index contributed by atoms with van der Waals surface area (Å²) in [5.41, 5.74) is 1.05. The Morgan fingerprint density at radius 3 is 2.45 bits per heavy atom. The van der Waals surface area contributed by atoms with Crippen LogP contribution in [0.4, 0.5) is 5.69 Å². The Kier molecular flexibility index (Phi) is 4.30. The summed E-state index contributed by atoms with van der Waals surface area (Å²) in [6.07, 6.45) is 0.302. The highest BCUT2D eigenvalue weighted by Crippen LogP contribution is 2.32. The van der Waals surface area contributed by atoms with Crippen LogP contribution in [0.1, 0.15) is 18.4 Å². The van der Waals surface area contributed by atoms with Crippen molar-refractivity contribution in [1.82, 2.24) is 4.90 Å². The molecule has 1 aromatic carbocycles. The van der Waals surface area contributed by atoms with Crippen LogP contribution in [0.25, 0.3) is 0 Å². The van der Waals surface area contributed by atoms with E-state index in [4.69, 9.17) is 23.2 Å². The van der Waals surface area contributed by atoms with Gasteiger partial charge >= 0.3 is 0 Å². The predicted octanol–water partition coefficient (Wildman–Crippen LogP) is 2.39. The summed E-state index contributed by atoms with van der Waals surface area (Å²) < 4.78 is 0. The normalized spacial score (nSPS) is 14.8. The van der Waals surface area contributed by atoms with Crippen molar-refractivity contribution >= 4 is 46.6 Å². The van der Waals surface area contributed by atoms with Crippen molar-refractivity contribution < 1.29 is 14.4 Å². The topological polar surface area (TPSA) is 66.5 Å². The van der Waals surface area contributed by atoms with E-state index in [1.54, 1.807) is 19.1 Å². The van der Waals surface area contributed by atoms with Gasteiger partial charge in [0.2, 0.25) is 17.7 Å². The molecular formula is C13H12Cl2N2O3. The number of hydrogen-bond acceptors (Lipinski definition) is 3. The number of carbonyl (C=O) groups excluding carboxylic acids is 3. The van der Waals surface area contributed by atoms with Crippen LogP contribution in [0.3, 0.4) is 0 Å². The number of nitrogens with one attached hydrogen (secondary N) is 1. The van der Waals surface area contributed by atoms with Crippen molar-refractivity contribution in [1.29, 1.82) is 0 Å². The molecular weight excluding hydrogens is 303 g/mol. The second-order valence-corrected chi connectivity index (χ2v) is 5.26. The van der Waals surface area contributed by atoms with Crippen molar-refractivity contribution in [3.63, 3.8) is 0 Å². The molecule has 0 bridgehead atoms. The van der Waals surface area contributed by atoms with Gasteiger partial charge in [0.25, 0.3) is 0 Å². The quantitative estimate of drug-likeness (QED) is 0.871. The van der Waals surface area contributed by atoms with E-state index in [1.165, 1.54) is 0 Å². The maximum atomic E-state index is 11.9. The highest BCUT2D eigenvalue weighted by molar-refractivity contribution is 6.40. The highest BCUT2D eigenvalue weighted by Gasteiger charge is 2.30. The largest absolute Gasteiger partial charge is 0.322 e. The highest BCUT2D eigenvalue weighted by atomic mass is 35.5. The van der Waals surface area contributed by atoms with E-state index < -0.39 is 5.91 Å². The van der Waals surface area contributed by atoms with Gasteiger partial charge in [-0.3, -0.25) is 19.3 Å². The third-order valence-electron chi connectivity index (χ3n) is 3.01. The zero-order valence-electron chi connectivity index (χ0n) is 10.7. The number of rotatable bonds is 3. The van der Waals surface area contributed by atoms with E-state index in [0.717, 1.165) is 10.5 Å². The van der Waals surface area contributed by atoms with Gasteiger partial charge in [0, 0.05) is 12.8 Å². The number of benzene rings is 1. The number of halogens is 2. The molecule has 1 N–H and O–H groups in total. The molecule has 0 aliphatic carbocycles. The number of likely N-dealkylation sites (tertiary alicyclic amines) is 1. The standard InChI is InChI=1S/C13H12Cl2N2O3/c1-7-2-3-8(14)13(12(7)15)16-9(18)6-17-10(19)4-5-11(17)20/h2-3H,4-6H2,1H3,(H,16,18). The summed E-state index contributed by atoms with van der Waals surface area (Å²) in [6, 6.07) is 3.35. The molecule has 1 saturated heterocycles. The van der Waals surface area contributed by atoms with E-state index in [0.29, 0.717) is 10.0 Å². The van der Waals surface area contributed by atoms with Crippen molar-refractivity contribution in [2.75, 3.05) is 11.9 Å². The molecule has 2 rings (SSSR count). The molecule has 106 valence electrons. The van der Waals surface area contributed by atoms with Crippen LogP contribution in [0.2, 0.25) is 10.0 Å². The molecule has 20 heavy (non-hydrogen) atoms. The van der Waals surface area contributed by atoms with Crippen LogP contribution < -0.4 is 5.32 Å². The zero-order valence-corrected chi connectivity index (χ0v) is 12.2. The van der Waals surface area contributed by atoms with Crippen LogP contribution >= 0.6 is 23.2 Å². The Bertz CT molecular complexity index is 586. The third kappa shape index (κ3) is 2.94. The van der Waals surface area contributed by atoms with Crippen LogP contribution in [0, 0.1) is 6.92 Å². The molecule has 0 aromatic heterocycles.